The highest BCUT2D eigenvalue weighted by atomic mass is 16.5. The minimum Gasteiger partial charge on any atom is -0.381 e. The molecule has 0 N–H and O–H groups in total. The summed E-state index contributed by atoms with van der Waals surface area (Å²) in [6.45, 7) is 5.43. The fourth-order valence-corrected chi connectivity index (χ4v) is 2.61. The molecule has 0 unspecified atom stereocenters. The summed E-state index contributed by atoms with van der Waals surface area (Å²) in [5.74, 6) is 0. The third kappa shape index (κ3) is 13.0. The van der Waals surface area contributed by atoms with E-state index < -0.39 is 0 Å². The molecule has 0 aromatic carbocycles. The molecule has 0 saturated heterocycles. The molecule has 22 heavy (non-hydrogen) atoms. The first-order chi connectivity index (χ1) is 10.7. The molecule has 0 aromatic rings. The maximum atomic E-state index is 10.6. The molecule has 0 aromatic heterocycles. The second kappa shape index (κ2) is 15.2. The zero-order valence-electron chi connectivity index (χ0n) is 14.8. The van der Waals surface area contributed by atoms with Crippen molar-refractivity contribution in [2.24, 2.45) is 5.41 Å². The molecule has 0 fully saturated rings. The highest BCUT2D eigenvalue weighted by Crippen LogP contribution is 2.24. The zero-order chi connectivity index (χ0) is 16.5. The number of rotatable bonds is 17. The van der Waals surface area contributed by atoms with Crippen molar-refractivity contribution >= 4 is 12.6 Å². The van der Waals surface area contributed by atoms with Crippen LogP contribution in [0.1, 0.15) is 90.9 Å². The Balaban J connectivity index is 3.38. The van der Waals surface area contributed by atoms with E-state index >= 15 is 0 Å². The van der Waals surface area contributed by atoms with E-state index in [0.29, 0.717) is 19.4 Å². The molecule has 0 saturated carbocycles. The molecule has 0 aliphatic heterocycles. The molecule has 3 heteroatoms. The van der Waals surface area contributed by atoms with Crippen molar-refractivity contribution < 1.29 is 14.3 Å². The number of hydrogen-bond acceptors (Lipinski definition) is 3. The summed E-state index contributed by atoms with van der Waals surface area (Å²) in [4.78, 5) is 21.3. The number of carbonyl (C=O) groups is 2. The topological polar surface area (TPSA) is 43.4 Å². The molecule has 0 aliphatic carbocycles. The minimum atomic E-state index is -0.317. The summed E-state index contributed by atoms with van der Waals surface area (Å²) in [7, 11) is 0. The van der Waals surface area contributed by atoms with Crippen molar-refractivity contribution in [3.8, 4) is 0 Å². The van der Waals surface area contributed by atoms with Crippen molar-refractivity contribution in [1.29, 1.82) is 0 Å². The Kier molecular flexibility index (Phi) is 14.7. The van der Waals surface area contributed by atoms with Gasteiger partial charge in [0.05, 0.1) is 6.61 Å². The Morgan fingerprint density at radius 3 is 1.68 bits per heavy atom. The van der Waals surface area contributed by atoms with Gasteiger partial charge in [0.25, 0.3) is 0 Å². The molecule has 130 valence electrons. The molecular weight excluding hydrogens is 276 g/mol. The lowest BCUT2D eigenvalue weighted by atomic mass is 9.85. The van der Waals surface area contributed by atoms with Gasteiger partial charge < -0.3 is 14.3 Å². The SMILES string of the molecule is CCCCCCCCCCCCOCC(C)(CC=O)CC=O. The highest BCUT2D eigenvalue weighted by Gasteiger charge is 2.23. The van der Waals surface area contributed by atoms with Gasteiger partial charge in [-0.1, -0.05) is 71.6 Å². The van der Waals surface area contributed by atoms with Gasteiger partial charge in [-0.15, -0.1) is 0 Å². The van der Waals surface area contributed by atoms with Crippen molar-refractivity contribution in [1.82, 2.24) is 0 Å². The molecular formula is C19H36O3. The van der Waals surface area contributed by atoms with Gasteiger partial charge in [-0.2, -0.15) is 0 Å². The van der Waals surface area contributed by atoms with E-state index in [-0.39, 0.29) is 5.41 Å². The van der Waals surface area contributed by atoms with E-state index in [0.717, 1.165) is 25.6 Å². The van der Waals surface area contributed by atoms with Gasteiger partial charge in [-0.25, -0.2) is 0 Å². The average molecular weight is 312 g/mol. The van der Waals surface area contributed by atoms with E-state index in [4.69, 9.17) is 4.74 Å². The summed E-state index contributed by atoms with van der Waals surface area (Å²) in [5.41, 5.74) is -0.317. The third-order valence-corrected chi connectivity index (χ3v) is 4.25. The van der Waals surface area contributed by atoms with Crippen LogP contribution in [0.25, 0.3) is 0 Å². The Labute approximate surface area is 137 Å². The largest absolute Gasteiger partial charge is 0.381 e. The second-order valence-electron chi connectivity index (χ2n) is 6.79. The predicted octanol–water partition coefficient (Wildman–Crippen LogP) is 5.11. The lowest BCUT2D eigenvalue weighted by Gasteiger charge is -2.24. The molecule has 0 amide bonds. The maximum Gasteiger partial charge on any atom is 0.120 e. The predicted molar refractivity (Wildman–Crippen MR) is 92.1 cm³/mol. The monoisotopic (exact) mass is 312 g/mol. The number of aldehydes is 2. The second-order valence-corrected chi connectivity index (χ2v) is 6.79. The van der Waals surface area contributed by atoms with Crippen LogP contribution in [0.4, 0.5) is 0 Å². The number of hydrogen-bond donors (Lipinski definition) is 0. The quantitative estimate of drug-likeness (QED) is 0.277. The molecule has 0 atom stereocenters. The number of carbonyl (C=O) groups excluding carboxylic acids is 2. The van der Waals surface area contributed by atoms with Crippen LogP contribution in [-0.2, 0) is 14.3 Å². The fraction of sp³-hybridized carbons (Fsp3) is 0.895. The van der Waals surface area contributed by atoms with Gasteiger partial charge in [-0.05, 0) is 6.42 Å². The van der Waals surface area contributed by atoms with E-state index in [1.807, 2.05) is 6.92 Å². The summed E-state index contributed by atoms with van der Waals surface area (Å²) >= 11 is 0. The van der Waals surface area contributed by atoms with Crippen LogP contribution in [0, 0.1) is 5.41 Å². The van der Waals surface area contributed by atoms with Gasteiger partial charge in [-0.3, -0.25) is 0 Å². The van der Waals surface area contributed by atoms with E-state index in [9.17, 15) is 9.59 Å². The minimum absolute atomic E-state index is 0.317. The van der Waals surface area contributed by atoms with Crippen LogP contribution in [-0.4, -0.2) is 25.8 Å². The average Bonchev–Trinajstić information content (AvgIpc) is 2.49. The molecule has 0 rings (SSSR count). The molecule has 0 aliphatic rings. The van der Waals surface area contributed by atoms with Crippen molar-refractivity contribution in [3.05, 3.63) is 0 Å². The maximum absolute atomic E-state index is 10.6. The number of unbranched alkanes of at least 4 members (excludes halogenated alkanes) is 9. The van der Waals surface area contributed by atoms with Crippen LogP contribution < -0.4 is 0 Å². The van der Waals surface area contributed by atoms with Gasteiger partial charge in [0.15, 0.2) is 0 Å². The molecule has 0 radical (unpaired) electrons. The third-order valence-electron chi connectivity index (χ3n) is 4.25. The van der Waals surface area contributed by atoms with Crippen LogP contribution in [0.15, 0.2) is 0 Å². The first-order valence-corrected chi connectivity index (χ1v) is 9.13. The van der Waals surface area contributed by atoms with Gasteiger partial charge in [0, 0.05) is 24.9 Å². The van der Waals surface area contributed by atoms with Crippen molar-refractivity contribution in [3.63, 3.8) is 0 Å². The van der Waals surface area contributed by atoms with Crippen LogP contribution >= 0.6 is 0 Å². The fourth-order valence-electron chi connectivity index (χ4n) is 2.61. The Hall–Kier alpha value is -0.700. The lowest BCUT2D eigenvalue weighted by Crippen LogP contribution is -2.24. The van der Waals surface area contributed by atoms with Crippen LogP contribution in [0.2, 0.25) is 0 Å². The Morgan fingerprint density at radius 2 is 1.23 bits per heavy atom. The summed E-state index contributed by atoms with van der Waals surface area (Å²) in [5, 5.41) is 0. The first-order valence-electron chi connectivity index (χ1n) is 9.13. The summed E-state index contributed by atoms with van der Waals surface area (Å²) in [6.07, 6.45) is 15.7. The molecule has 0 spiro atoms. The van der Waals surface area contributed by atoms with Crippen molar-refractivity contribution in [2.45, 2.75) is 90.9 Å². The lowest BCUT2D eigenvalue weighted by molar-refractivity contribution is -0.114. The van der Waals surface area contributed by atoms with E-state index in [1.165, 1.54) is 57.8 Å². The Bertz CT molecular complexity index is 253. The molecule has 3 nitrogen and oxygen atoms in total. The molecule has 0 heterocycles. The van der Waals surface area contributed by atoms with Gasteiger partial charge in [0.2, 0.25) is 0 Å². The van der Waals surface area contributed by atoms with Crippen molar-refractivity contribution in [2.75, 3.05) is 13.2 Å². The Morgan fingerprint density at radius 1 is 0.773 bits per heavy atom. The van der Waals surface area contributed by atoms with E-state index in [1.54, 1.807) is 0 Å². The highest BCUT2D eigenvalue weighted by molar-refractivity contribution is 5.55. The summed E-state index contributed by atoms with van der Waals surface area (Å²) < 4.78 is 5.66. The molecule has 0 bridgehead atoms. The number of ether oxygens (including phenoxy) is 1. The van der Waals surface area contributed by atoms with Gasteiger partial charge >= 0.3 is 0 Å². The first kappa shape index (κ1) is 21.3. The van der Waals surface area contributed by atoms with E-state index in [2.05, 4.69) is 6.92 Å². The standard InChI is InChI=1S/C19H36O3/c1-3-4-5-6-7-8-9-10-11-12-17-22-18-19(2,13-15-20)14-16-21/h15-16H,3-14,17-18H2,1-2H3. The zero-order valence-corrected chi connectivity index (χ0v) is 14.8. The van der Waals surface area contributed by atoms with Gasteiger partial charge in [0.1, 0.15) is 12.6 Å². The van der Waals surface area contributed by atoms with Crippen LogP contribution in [0.3, 0.4) is 0 Å². The van der Waals surface area contributed by atoms with Crippen LogP contribution in [0.5, 0.6) is 0 Å². The normalized spacial score (nSPS) is 11.5. The summed E-state index contributed by atoms with van der Waals surface area (Å²) in [6, 6.07) is 0. The smallest absolute Gasteiger partial charge is 0.120 e.